The molecule has 96 valence electrons. The van der Waals surface area contributed by atoms with Gasteiger partial charge in [-0.3, -0.25) is 4.68 Å². The highest BCUT2D eigenvalue weighted by Gasteiger charge is 2.19. The quantitative estimate of drug-likeness (QED) is 0.739. The first-order chi connectivity index (χ1) is 9.08. The molecular weight excluding hydrogens is 242 g/mol. The minimum atomic E-state index is -0.967. The maximum atomic E-state index is 11.3. The number of carboxylic acids is 1. The maximum Gasteiger partial charge on any atom is 0.339 e. The lowest BCUT2D eigenvalue weighted by atomic mass is 10.1. The Hall–Kier alpha value is -2.56. The van der Waals surface area contributed by atoms with Gasteiger partial charge >= 0.3 is 5.97 Å². The minimum absolute atomic E-state index is 0.213. The molecule has 2 aromatic heterocycles. The Kier molecular flexibility index (Phi) is 2.41. The molecule has 3 aromatic rings. The summed E-state index contributed by atoms with van der Waals surface area (Å²) in [5.74, 6) is -0.967. The fraction of sp³-hybridized carbons (Fsp3) is 0.143. The molecule has 0 saturated heterocycles. The van der Waals surface area contributed by atoms with E-state index in [9.17, 15) is 9.90 Å². The smallest absolute Gasteiger partial charge is 0.339 e. The Morgan fingerprint density at radius 1 is 1.42 bits per heavy atom. The molecule has 0 bridgehead atoms. The minimum Gasteiger partial charge on any atom is -0.478 e. The Morgan fingerprint density at radius 3 is 2.95 bits per heavy atom. The number of hydrogen-bond acceptors (Lipinski definition) is 2. The highest BCUT2D eigenvalue weighted by molar-refractivity contribution is 6.02. The van der Waals surface area contributed by atoms with Crippen molar-refractivity contribution in [2.75, 3.05) is 0 Å². The molecule has 0 spiro atoms. The zero-order chi connectivity index (χ0) is 13.6. The molecule has 0 saturated carbocycles. The number of nitrogens with zero attached hydrogens (tertiary/aromatic N) is 2. The summed E-state index contributed by atoms with van der Waals surface area (Å²) in [6.07, 6.45) is 3.21. The van der Waals surface area contributed by atoms with E-state index in [1.807, 2.05) is 31.3 Å². The van der Waals surface area contributed by atoms with Crippen molar-refractivity contribution in [2.45, 2.75) is 6.92 Å². The van der Waals surface area contributed by atoms with Crippen molar-refractivity contribution >= 4 is 16.9 Å². The number of hydrogen-bond donors (Lipinski definition) is 2. The van der Waals surface area contributed by atoms with Gasteiger partial charge in [0.05, 0.1) is 11.9 Å². The number of carboxylic acid groups (broad SMARTS) is 1. The molecule has 0 aliphatic heterocycles. The fourth-order valence-electron chi connectivity index (χ4n) is 2.34. The summed E-state index contributed by atoms with van der Waals surface area (Å²) in [5, 5.41) is 14.3. The molecule has 0 unspecified atom stereocenters. The van der Waals surface area contributed by atoms with Gasteiger partial charge < -0.3 is 10.1 Å². The Bertz CT molecular complexity index is 783. The molecule has 0 amide bonds. The second kappa shape index (κ2) is 3.98. The van der Waals surface area contributed by atoms with Crippen molar-refractivity contribution in [3.63, 3.8) is 0 Å². The SMILES string of the molecule is Cc1ccc2[nH]cc(-c3c(C(=O)O)cnn3C)c2c1. The normalized spacial score (nSPS) is 11.1. The van der Waals surface area contributed by atoms with Crippen LogP contribution in [0, 0.1) is 6.92 Å². The third-order valence-corrected chi connectivity index (χ3v) is 3.26. The molecule has 1 aromatic carbocycles. The zero-order valence-corrected chi connectivity index (χ0v) is 10.6. The van der Waals surface area contributed by atoms with Crippen LogP contribution in [0.3, 0.4) is 0 Å². The molecule has 2 heterocycles. The third-order valence-electron chi connectivity index (χ3n) is 3.26. The number of aromatic carboxylic acids is 1. The van der Waals surface area contributed by atoms with Crippen molar-refractivity contribution in [1.82, 2.24) is 14.8 Å². The average molecular weight is 255 g/mol. The van der Waals surface area contributed by atoms with E-state index >= 15 is 0 Å². The Morgan fingerprint density at radius 2 is 2.21 bits per heavy atom. The fourth-order valence-corrected chi connectivity index (χ4v) is 2.34. The van der Waals surface area contributed by atoms with Crippen molar-refractivity contribution in [2.24, 2.45) is 7.05 Å². The molecule has 5 heteroatoms. The Balaban J connectivity index is 2.33. The number of aromatic amines is 1. The molecule has 19 heavy (non-hydrogen) atoms. The highest BCUT2D eigenvalue weighted by Crippen LogP contribution is 2.31. The van der Waals surface area contributed by atoms with E-state index in [2.05, 4.69) is 10.1 Å². The molecule has 0 atom stereocenters. The number of rotatable bonds is 2. The molecular formula is C14H13N3O2. The first-order valence-electron chi connectivity index (χ1n) is 5.91. The second-order valence-corrected chi connectivity index (χ2v) is 4.59. The van der Waals surface area contributed by atoms with Crippen LogP contribution < -0.4 is 0 Å². The molecule has 3 rings (SSSR count). The summed E-state index contributed by atoms with van der Waals surface area (Å²) in [6.45, 7) is 2.01. The van der Waals surface area contributed by atoms with Gasteiger partial charge in [-0.25, -0.2) is 4.79 Å². The van der Waals surface area contributed by atoms with Crippen molar-refractivity contribution in [1.29, 1.82) is 0 Å². The van der Waals surface area contributed by atoms with Gasteiger partial charge in [-0.05, 0) is 19.1 Å². The molecule has 2 N–H and O–H groups in total. The van der Waals surface area contributed by atoms with E-state index in [0.29, 0.717) is 5.69 Å². The number of H-pyrrole nitrogens is 1. The maximum absolute atomic E-state index is 11.3. The van der Waals surface area contributed by atoms with Crippen LogP contribution in [0.25, 0.3) is 22.2 Å². The van der Waals surface area contributed by atoms with E-state index in [1.165, 1.54) is 6.20 Å². The predicted octanol–water partition coefficient (Wildman–Crippen LogP) is 2.58. The van der Waals surface area contributed by atoms with E-state index in [-0.39, 0.29) is 5.56 Å². The lowest BCUT2D eigenvalue weighted by molar-refractivity contribution is 0.0697. The van der Waals surface area contributed by atoms with Crippen molar-refractivity contribution in [3.8, 4) is 11.3 Å². The van der Waals surface area contributed by atoms with Gasteiger partial charge in [0.15, 0.2) is 0 Å². The van der Waals surface area contributed by atoms with Gasteiger partial charge in [-0.2, -0.15) is 5.10 Å². The van der Waals surface area contributed by atoms with Gasteiger partial charge in [-0.1, -0.05) is 11.6 Å². The van der Waals surface area contributed by atoms with Crippen LogP contribution in [0.1, 0.15) is 15.9 Å². The van der Waals surface area contributed by atoms with Gasteiger partial charge in [0.2, 0.25) is 0 Å². The van der Waals surface area contributed by atoms with Crippen LogP contribution in [-0.2, 0) is 7.05 Å². The van der Waals surface area contributed by atoms with Gasteiger partial charge in [-0.15, -0.1) is 0 Å². The molecule has 0 radical (unpaired) electrons. The largest absolute Gasteiger partial charge is 0.478 e. The zero-order valence-electron chi connectivity index (χ0n) is 10.6. The summed E-state index contributed by atoms with van der Waals surface area (Å²) in [4.78, 5) is 14.4. The van der Waals surface area contributed by atoms with E-state index in [4.69, 9.17) is 0 Å². The van der Waals surface area contributed by atoms with E-state index < -0.39 is 5.97 Å². The topological polar surface area (TPSA) is 70.9 Å². The number of aryl methyl sites for hydroxylation is 2. The third kappa shape index (κ3) is 1.71. The number of benzene rings is 1. The van der Waals surface area contributed by atoms with Crippen LogP contribution in [0.4, 0.5) is 0 Å². The summed E-state index contributed by atoms with van der Waals surface area (Å²) in [5.41, 5.74) is 3.80. The number of aromatic nitrogens is 3. The van der Waals surface area contributed by atoms with Crippen LogP contribution in [0.2, 0.25) is 0 Å². The summed E-state index contributed by atoms with van der Waals surface area (Å²) in [7, 11) is 1.75. The summed E-state index contributed by atoms with van der Waals surface area (Å²) >= 11 is 0. The highest BCUT2D eigenvalue weighted by atomic mass is 16.4. The summed E-state index contributed by atoms with van der Waals surface area (Å²) in [6, 6.07) is 6.05. The second-order valence-electron chi connectivity index (χ2n) is 4.59. The lowest BCUT2D eigenvalue weighted by Gasteiger charge is -2.03. The van der Waals surface area contributed by atoms with Crippen LogP contribution in [-0.4, -0.2) is 25.8 Å². The first-order valence-corrected chi connectivity index (χ1v) is 5.91. The molecule has 0 aliphatic carbocycles. The molecule has 5 nitrogen and oxygen atoms in total. The summed E-state index contributed by atoms with van der Waals surface area (Å²) < 4.78 is 1.59. The monoisotopic (exact) mass is 255 g/mol. The van der Waals surface area contributed by atoms with Crippen LogP contribution in [0.5, 0.6) is 0 Å². The Labute approximate surface area is 109 Å². The van der Waals surface area contributed by atoms with Gasteiger partial charge in [0, 0.05) is 29.7 Å². The average Bonchev–Trinajstić information content (AvgIpc) is 2.92. The van der Waals surface area contributed by atoms with E-state index in [0.717, 1.165) is 22.0 Å². The standard InChI is InChI=1S/C14H13N3O2/c1-8-3-4-12-9(5-8)10(6-15-12)13-11(14(18)19)7-16-17(13)2/h3-7,15H,1-2H3,(H,18,19). The van der Waals surface area contributed by atoms with E-state index in [1.54, 1.807) is 11.7 Å². The first kappa shape index (κ1) is 11.5. The molecule has 0 fully saturated rings. The van der Waals surface area contributed by atoms with Crippen LogP contribution in [0.15, 0.2) is 30.6 Å². The van der Waals surface area contributed by atoms with Crippen molar-refractivity contribution in [3.05, 3.63) is 41.7 Å². The lowest BCUT2D eigenvalue weighted by Crippen LogP contribution is -2.00. The number of nitrogens with one attached hydrogen (secondary N) is 1. The van der Waals surface area contributed by atoms with Gasteiger partial charge in [0.25, 0.3) is 0 Å². The number of carbonyl (C=O) groups is 1. The predicted molar refractivity (Wildman–Crippen MR) is 72.2 cm³/mol. The molecule has 0 aliphatic rings. The number of fused-ring (bicyclic) bond motifs is 1. The van der Waals surface area contributed by atoms with Gasteiger partial charge in [0.1, 0.15) is 5.56 Å². The van der Waals surface area contributed by atoms with Crippen molar-refractivity contribution < 1.29 is 9.90 Å². The van der Waals surface area contributed by atoms with Crippen LogP contribution >= 0.6 is 0 Å².